The van der Waals surface area contributed by atoms with Gasteiger partial charge in [-0.2, -0.15) is 0 Å². The van der Waals surface area contributed by atoms with Crippen LogP contribution in [0.4, 0.5) is 0 Å². The number of nitrogens with zero attached hydrogens (tertiary/aromatic N) is 1. The summed E-state index contributed by atoms with van der Waals surface area (Å²) < 4.78 is 4.77. The summed E-state index contributed by atoms with van der Waals surface area (Å²) in [6.45, 7) is 1.72. The van der Waals surface area contributed by atoms with Crippen LogP contribution in [0, 0.1) is 6.92 Å². The second-order valence-corrected chi connectivity index (χ2v) is 3.55. The SMILES string of the molecule is Cc1cc(C(=O)NC2CCC2O)no1. The highest BCUT2D eigenvalue weighted by atomic mass is 16.5. The smallest absolute Gasteiger partial charge is 0.273 e. The van der Waals surface area contributed by atoms with Gasteiger partial charge in [-0.15, -0.1) is 0 Å². The van der Waals surface area contributed by atoms with Crippen molar-refractivity contribution in [1.29, 1.82) is 0 Å². The number of hydrogen-bond acceptors (Lipinski definition) is 4. The summed E-state index contributed by atoms with van der Waals surface area (Å²) in [5.74, 6) is 0.315. The molecule has 1 fully saturated rings. The van der Waals surface area contributed by atoms with Gasteiger partial charge in [-0.1, -0.05) is 5.16 Å². The van der Waals surface area contributed by atoms with Crippen LogP contribution in [0.3, 0.4) is 0 Å². The van der Waals surface area contributed by atoms with Gasteiger partial charge in [0.2, 0.25) is 0 Å². The molecule has 1 amide bonds. The van der Waals surface area contributed by atoms with Gasteiger partial charge in [0.05, 0.1) is 12.1 Å². The Morgan fingerprint density at radius 1 is 1.71 bits per heavy atom. The maximum absolute atomic E-state index is 11.5. The molecule has 1 saturated carbocycles. The van der Waals surface area contributed by atoms with Gasteiger partial charge < -0.3 is 14.9 Å². The number of hydrogen-bond donors (Lipinski definition) is 2. The Labute approximate surface area is 81.1 Å². The molecule has 2 atom stereocenters. The molecule has 5 heteroatoms. The van der Waals surface area contributed by atoms with Crippen LogP contribution in [0.5, 0.6) is 0 Å². The van der Waals surface area contributed by atoms with Crippen LogP contribution in [-0.4, -0.2) is 28.3 Å². The summed E-state index contributed by atoms with van der Waals surface area (Å²) in [4.78, 5) is 11.5. The fraction of sp³-hybridized carbons (Fsp3) is 0.556. The Bertz CT molecular complexity index is 348. The van der Waals surface area contributed by atoms with Crippen LogP contribution in [0.25, 0.3) is 0 Å². The van der Waals surface area contributed by atoms with Gasteiger partial charge in [0, 0.05) is 6.07 Å². The van der Waals surface area contributed by atoms with Gasteiger partial charge in [-0.25, -0.2) is 0 Å². The molecule has 5 nitrogen and oxygen atoms in total. The average Bonchev–Trinajstić information content (AvgIpc) is 2.58. The number of carbonyl (C=O) groups excluding carboxylic acids is 1. The molecule has 0 aliphatic heterocycles. The van der Waals surface area contributed by atoms with Crippen LogP contribution in [0.15, 0.2) is 10.6 Å². The summed E-state index contributed by atoms with van der Waals surface area (Å²) in [7, 11) is 0. The third-order valence-corrected chi connectivity index (χ3v) is 2.41. The number of aromatic nitrogens is 1. The average molecular weight is 196 g/mol. The van der Waals surface area contributed by atoms with Gasteiger partial charge in [-0.3, -0.25) is 4.79 Å². The maximum atomic E-state index is 11.5. The Hall–Kier alpha value is -1.36. The first kappa shape index (κ1) is 9.21. The van der Waals surface area contributed by atoms with Crippen molar-refractivity contribution in [3.63, 3.8) is 0 Å². The lowest BCUT2D eigenvalue weighted by Crippen LogP contribution is -2.50. The molecule has 0 bridgehead atoms. The predicted molar refractivity (Wildman–Crippen MR) is 47.7 cm³/mol. The van der Waals surface area contributed by atoms with Crippen LogP contribution in [0.2, 0.25) is 0 Å². The van der Waals surface area contributed by atoms with E-state index >= 15 is 0 Å². The van der Waals surface area contributed by atoms with Crippen molar-refractivity contribution in [3.8, 4) is 0 Å². The molecule has 1 aliphatic rings. The molecule has 2 rings (SSSR count). The minimum absolute atomic E-state index is 0.125. The molecule has 1 aromatic heterocycles. The van der Waals surface area contributed by atoms with Crippen molar-refractivity contribution >= 4 is 5.91 Å². The van der Waals surface area contributed by atoms with E-state index in [1.807, 2.05) is 0 Å². The Morgan fingerprint density at radius 2 is 2.50 bits per heavy atom. The van der Waals surface area contributed by atoms with E-state index in [0.29, 0.717) is 5.76 Å². The van der Waals surface area contributed by atoms with Gasteiger partial charge in [-0.05, 0) is 19.8 Å². The van der Waals surface area contributed by atoms with Crippen molar-refractivity contribution in [3.05, 3.63) is 17.5 Å². The van der Waals surface area contributed by atoms with E-state index in [4.69, 9.17) is 4.52 Å². The number of carbonyl (C=O) groups is 1. The first-order valence-corrected chi connectivity index (χ1v) is 4.59. The third-order valence-electron chi connectivity index (χ3n) is 2.41. The van der Waals surface area contributed by atoms with Crippen molar-refractivity contribution in [1.82, 2.24) is 10.5 Å². The standard InChI is InChI=1S/C9H12N2O3/c1-5-4-7(11-14-5)9(13)10-6-2-3-8(6)12/h4,6,8,12H,2-3H2,1H3,(H,10,13). The van der Waals surface area contributed by atoms with Crippen LogP contribution in [0.1, 0.15) is 29.1 Å². The fourth-order valence-electron chi connectivity index (χ4n) is 1.37. The molecule has 0 aromatic carbocycles. The van der Waals surface area contributed by atoms with Crippen LogP contribution < -0.4 is 5.32 Å². The van der Waals surface area contributed by atoms with Crippen molar-refractivity contribution < 1.29 is 14.4 Å². The second kappa shape index (κ2) is 3.42. The number of amides is 1. The Kier molecular flexibility index (Phi) is 2.25. The molecule has 0 saturated heterocycles. The van der Waals surface area contributed by atoms with Crippen LogP contribution >= 0.6 is 0 Å². The molecule has 14 heavy (non-hydrogen) atoms. The molecule has 2 N–H and O–H groups in total. The number of aliphatic hydroxyl groups excluding tert-OH is 1. The van der Waals surface area contributed by atoms with E-state index < -0.39 is 6.10 Å². The lowest BCUT2D eigenvalue weighted by atomic mass is 9.89. The van der Waals surface area contributed by atoms with E-state index in [0.717, 1.165) is 12.8 Å². The highest BCUT2D eigenvalue weighted by Crippen LogP contribution is 2.19. The normalized spacial score (nSPS) is 25.6. The quantitative estimate of drug-likeness (QED) is 0.710. The molecule has 1 aliphatic carbocycles. The minimum Gasteiger partial charge on any atom is -0.391 e. The molecule has 0 spiro atoms. The zero-order valence-electron chi connectivity index (χ0n) is 7.86. The largest absolute Gasteiger partial charge is 0.391 e. The lowest BCUT2D eigenvalue weighted by Gasteiger charge is -2.32. The molecule has 1 heterocycles. The molecular formula is C9H12N2O3. The van der Waals surface area contributed by atoms with Gasteiger partial charge in [0.25, 0.3) is 5.91 Å². The third kappa shape index (κ3) is 1.63. The zero-order valence-corrected chi connectivity index (χ0v) is 7.86. The number of aryl methyl sites for hydroxylation is 1. The maximum Gasteiger partial charge on any atom is 0.273 e. The summed E-state index contributed by atoms with van der Waals surface area (Å²) in [6, 6.07) is 1.44. The molecule has 1 aromatic rings. The van der Waals surface area contributed by atoms with E-state index in [2.05, 4.69) is 10.5 Å². The van der Waals surface area contributed by atoms with E-state index in [-0.39, 0.29) is 17.6 Å². The molecule has 0 radical (unpaired) electrons. The van der Waals surface area contributed by atoms with Crippen molar-refractivity contribution in [2.75, 3.05) is 0 Å². The zero-order chi connectivity index (χ0) is 10.1. The summed E-state index contributed by atoms with van der Waals surface area (Å²) in [5.41, 5.74) is 0.265. The van der Waals surface area contributed by atoms with E-state index in [1.165, 1.54) is 0 Å². The van der Waals surface area contributed by atoms with E-state index in [9.17, 15) is 9.90 Å². The minimum atomic E-state index is -0.410. The topological polar surface area (TPSA) is 75.4 Å². The van der Waals surface area contributed by atoms with Gasteiger partial charge in [0.1, 0.15) is 5.76 Å². The highest BCUT2D eigenvalue weighted by Gasteiger charge is 2.30. The van der Waals surface area contributed by atoms with E-state index in [1.54, 1.807) is 13.0 Å². The second-order valence-electron chi connectivity index (χ2n) is 3.55. The lowest BCUT2D eigenvalue weighted by molar-refractivity contribution is 0.0444. The van der Waals surface area contributed by atoms with Crippen molar-refractivity contribution in [2.45, 2.75) is 31.9 Å². The van der Waals surface area contributed by atoms with Gasteiger partial charge >= 0.3 is 0 Å². The number of nitrogens with one attached hydrogen (secondary N) is 1. The Balaban J connectivity index is 1.95. The predicted octanol–water partition coefficient (Wildman–Crippen LogP) is 0.236. The summed E-state index contributed by atoms with van der Waals surface area (Å²) in [5, 5.41) is 15.5. The molecule has 2 unspecified atom stereocenters. The summed E-state index contributed by atoms with van der Waals surface area (Å²) in [6.07, 6.45) is 1.17. The monoisotopic (exact) mass is 196 g/mol. The van der Waals surface area contributed by atoms with Crippen LogP contribution in [-0.2, 0) is 0 Å². The first-order chi connectivity index (χ1) is 6.66. The Morgan fingerprint density at radius 3 is 2.93 bits per heavy atom. The molecular weight excluding hydrogens is 184 g/mol. The number of aliphatic hydroxyl groups is 1. The summed E-state index contributed by atoms with van der Waals surface area (Å²) >= 11 is 0. The van der Waals surface area contributed by atoms with Crippen molar-refractivity contribution in [2.24, 2.45) is 0 Å². The number of rotatable bonds is 2. The first-order valence-electron chi connectivity index (χ1n) is 4.59. The highest BCUT2D eigenvalue weighted by molar-refractivity contribution is 5.92. The molecule has 76 valence electrons. The fourth-order valence-corrected chi connectivity index (χ4v) is 1.37. The van der Waals surface area contributed by atoms with Gasteiger partial charge in [0.15, 0.2) is 5.69 Å².